The van der Waals surface area contributed by atoms with E-state index in [4.69, 9.17) is 4.74 Å². The Balaban J connectivity index is 1.91. The number of carbonyl (C=O) groups is 1. The Kier molecular flexibility index (Phi) is 4.74. The number of hydrogen-bond donors (Lipinski definition) is 1. The molecule has 3 rings (SSSR count). The van der Waals surface area contributed by atoms with Crippen LogP contribution in [-0.4, -0.2) is 22.3 Å². The first kappa shape index (κ1) is 16.6. The maximum Gasteiger partial charge on any atom is 0.280 e. The van der Waals surface area contributed by atoms with Gasteiger partial charge in [0, 0.05) is 5.69 Å². The number of hydrogen-bond acceptors (Lipinski definition) is 3. The summed E-state index contributed by atoms with van der Waals surface area (Å²) >= 11 is 0. The van der Waals surface area contributed by atoms with Gasteiger partial charge in [0.1, 0.15) is 11.6 Å². The van der Waals surface area contributed by atoms with E-state index >= 15 is 0 Å². The van der Waals surface area contributed by atoms with Crippen molar-refractivity contribution in [1.29, 1.82) is 0 Å². The van der Waals surface area contributed by atoms with Crippen molar-refractivity contribution in [3.8, 4) is 11.4 Å². The van der Waals surface area contributed by atoms with E-state index in [0.29, 0.717) is 18.0 Å². The summed E-state index contributed by atoms with van der Waals surface area (Å²) in [6.45, 7) is 2.12. The summed E-state index contributed by atoms with van der Waals surface area (Å²) in [7, 11) is 0. The highest BCUT2D eigenvalue weighted by atomic mass is 19.1. The molecular formula is C18H15F2N3O2. The van der Waals surface area contributed by atoms with E-state index < -0.39 is 11.7 Å². The third-order valence-electron chi connectivity index (χ3n) is 3.37. The Hall–Kier alpha value is -3.22. The van der Waals surface area contributed by atoms with Crippen LogP contribution in [0.15, 0.2) is 54.7 Å². The van der Waals surface area contributed by atoms with Crippen LogP contribution in [0.5, 0.6) is 5.75 Å². The molecule has 1 aromatic heterocycles. The van der Waals surface area contributed by atoms with Crippen molar-refractivity contribution in [2.75, 3.05) is 11.9 Å². The minimum atomic E-state index is -0.532. The average molecular weight is 343 g/mol. The molecular weight excluding hydrogens is 328 g/mol. The number of nitrogens with zero attached hydrogens (tertiary/aromatic N) is 2. The zero-order valence-electron chi connectivity index (χ0n) is 13.4. The van der Waals surface area contributed by atoms with Gasteiger partial charge in [0.25, 0.3) is 5.91 Å². The van der Waals surface area contributed by atoms with Crippen LogP contribution >= 0.6 is 0 Å². The van der Waals surface area contributed by atoms with Crippen LogP contribution in [0.3, 0.4) is 0 Å². The summed E-state index contributed by atoms with van der Waals surface area (Å²) in [6.07, 6.45) is 1.54. The molecule has 2 aromatic carbocycles. The summed E-state index contributed by atoms with van der Waals surface area (Å²) in [5, 5.41) is 6.79. The molecule has 5 nitrogen and oxygen atoms in total. The molecule has 3 aromatic rings. The highest BCUT2D eigenvalue weighted by Crippen LogP contribution is 2.22. The Bertz CT molecular complexity index is 892. The van der Waals surface area contributed by atoms with Gasteiger partial charge in [0.15, 0.2) is 11.4 Å². The largest absolute Gasteiger partial charge is 0.490 e. The molecule has 0 aliphatic heterocycles. The van der Waals surface area contributed by atoms with Gasteiger partial charge >= 0.3 is 0 Å². The van der Waals surface area contributed by atoms with Crippen LogP contribution in [-0.2, 0) is 0 Å². The minimum absolute atomic E-state index is 0.0513. The number of halogens is 2. The van der Waals surface area contributed by atoms with Gasteiger partial charge in [-0.25, -0.2) is 13.5 Å². The third-order valence-corrected chi connectivity index (χ3v) is 3.37. The molecule has 0 aliphatic rings. The lowest BCUT2D eigenvalue weighted by molar-refractivity contribution is 0.101. The monoisotopic (exact) mass is 343 g/mol. The van der Waals surface area contributed by atoms with Crippen LogP contribution in [0.25, 0.3) is 5.69 Å². The number of carbonyl (C=O) groups excluding carboxylic acids is 1. The molecule has 0 atom stereocenters. The van der Waals surface area contributed by atoms with Gasteiger partial charge in [-0.2, -0.15) is 5.10 Å². The number of benzene rings is 2. The molecule has 0 radical (unpaired) electrons. The van der Waals surface area contributed by atoms with Gasteiger partial charge in [-0.3, -0.25) is 4.79 Å². The first-order valence-electron chi connectivity index (χ1n) is 7.62. The van der Waals surface area contributed by atoms with E-state index in [1.165, 1.54) is 53.3 Å². The van der Waals surface area contributed by atoms with Crippen LogP contribution in [0.4, 0.5) is 14.5 Å². The lowest BCUT2D eigenvalue weighted by atomic mass is 10.3. The summed E-state index contributed by atoms with van der Waals surface area (Å²) < 4.78 is 33.2. The van der Waals surface area contributed by atoms with Gasteiger partial charge in [-0.05, 0) is 49.4 Å². The van der Waals surface area contributed by atoms with Crippen LogP contribution < -0.4 is 10.1 Å². The van der Waals surface area contributed by atoms with Gasteiger partial charge in [0.2, 0.25) is 0 Å². The van der Waals surface area contributed by atoms with E-state index in [-0.39, 0.29) is 17.3 Å². The van der Waals surface area contributed by atoms with Crippen molar-refractivity contribution < 1.29 is 18.3 Å². The second kappa shape index (κ2) is 7.12. The maximum absolute atomic E-state index is 13.3. The molecule has 25 heavy (non-hydrogen) atoms. The first-order chi connectivity index (χ1) is 12.1. The van der Waals surface area contributed by atoms with Crippen molar-refractivity contribution in [3.63, 3.8) is 0 Å². The Morgan fingerprint density at radius 2 is 1.92 bits per heavy atom. The molecule has 7 heteroatoms. The third kappa shape index (κ3) is 3.82. The highest BCUT2D eigenvalue weighted by Gasteiger charge is 2.19. The quantitative estimate of drug-likeness (QED) is 0.767. The van der Waals surface area contributed by atoms with E-state index in [2.05, 4.69) is 10.4 Å². The molecule has 128 valence electrons. The fourth-order valence-electron chi connectivity index (χ4n) is 2.26. The normalized spacial score (nSPS) is 10.5. The number of anilines is 1. The molecule has 0 spiro atoms. The van der Waals surface area contributed by atoms with Crippen molar-refractivity contribution in [2.24, 2.45) is 0 Å². The fraction of sp³-hybridized carbons (Fsp3) is 0.111. The number of nitrogens with one attached hydrogen (secondary N) is 1. The zero-order chi connectivity index (χ0) is 17.8. The van der Waals surface area contributed by atoms with Gasteiger partial charge in [-0.15, -0.1) is 0 Å². The van der Waals surface area contributed by atoms with Gasteiger partial charge in [0.05, 0.1) is 18.5 Å². The van der Waals surface area contributed by atoms with Crippen molar-refractivity contribution in [2.45, 2.75) is 6.92 Å². The molecule has 1 heterocycles. The molecule has 0 fully saturated rings. The topological polar surface area (TPSA) is 56.2 Å². The lowest BCUT2D eigenvalue weighted by Crippen LogP contribution is -2.14. The summed E-state index contributed by atoms with van der Waals surface area (Å²) in [5.41, 5.74) is 0.936. The summed E-state index contributed by atoms with van der Waals surface area (Å²) in [6, 6.07) is 11.2. The second-order valence-corrected chi connectivity index (χ2v) is 5.16. The number of amides is 1. The van der Waals surface area contributed by atoms with E-state index in [1.54, 1.807) is 13.0 Å². The van der Waals surface area contributed by atoms with Crippen molar-refractivity contribution in [1.82, 2.24) is 9.78 Å². The van der Waals surface area contributed by atoms with Crippen LogP contribution in [0.2, 0.25) is 0 Å². The predicted octanol–water partition coefficient (Wildman–Crippen LogP) is 3.80. The summed E-state index contributed by atoms with van der Waals surface area (Å²) in [5.74, 6) is -1.08. The molecule has 0 saturated heterocycles. The average Bonchev–Trinajstić information content (AvgIpc) is 3.00. The first-order valence-corrected chi connectivity index (χ1v) is 7.62. The van der Waals surface area contributed by atoms with E-state index in [0.717, 1.165) is 0 Å². The SMILES string of the molecule is CCOc1cn(-c2ccc(F)cc2)nc1C(=O)Nc1cccc(F)c1. The second-order valence-electron chi connectivity index (χ2n) is 5.16. The standard InChI is InChI=1S/C18H15F2N3O2/c1-2-25-16-11-23(15-8-6-12(19)7-9-15)22-17(16)18(24)21-14-5-3-4-13(20)10-14/h3-11H,2H2,1H3,(H,21,24). The lowest BCUT2D eigenvalue weighted by Gasteiger charge is -2.05. The van der Waals surface area contributed by atoms with Gasteiger partial charge < -0.3 is 10.1 Å². The molecule has 1 amide bonds. The predicted molar refractivity (Wildman–Crippen MR) is 89.0 cm³/mol. The number of ether oxygens (including phenoxy) is 1. The van der Waals surface area contributed by atoms with Crippen LogP contribution in [0, 0.1) is 11.6 Å². The van der Waals surface area contributed by atoms with E-state index in [9.17, 15) is 13.6 Å². The smallest absolute Gasteiger partial charge is 0.280 e. The Labute approximate surface area is 142 Å². The van der Waals surface area contributed by atoms with Crippen molar-refractivity contribution in [3.05, 3.63) is 72.1 Å². The number of aromatic nitrogens is 2. The van der Waals surface area contributed by atoms with Crippen molar-refractivity contribution >= 4 is 11.6 Å². The number of rotatable bonds is 5. The molecule has 1 N–H and O–H groups in total. The van der Waals surface area contributed by atoms with Gasteiger partial charge in [-0.1, -0.05) is 6.07 Å². The molecule has 0 unspecified atom stereocenters. The maximum atomic E-state index is 13.3. The molecule has 0 aliphatic carbocycles. The molecule has 0 saturated carbocycles. The van der Waals surface area contributed by atoms with Crippen LogP contribution in [0.1, 0.15) is 17.4 Å². The fourth-order valence-corrected chi connectivity index (χ4v) is 2.26. The van der Waals surface area contributed by atoms with E-state index in [1.807, 2.05) is 0 Å². The Morgan fingerprint density at radius 1 is 1.16 bits per heavy atom. The molecule has 0 bridgehead atoms. The zero-order valence-corrected chi connectivity index (χ0v) is 13.4. The summed E-state index contributed by atoms with van der Waals surface area (Å²) in [4.78, 5) is 12.5. The highest BCUT2D eigenvalue weighted by molar-refractivity contribution is 6.04. The Morgan fingerprint density at radius 3 is 2.60 bits per heavy atom. The minimum Gasteiger partial charge on any atom is -0.490 e.